The van der Waals surface area contributed by atoms with E-state index in [9.17, 15) is 8.78 Å². The van der Waals surface area contributed by atoms with E-state index in [0.29, 0.717) is 28.2 Å². The van der Waals surface area contributed by atoms with E-state index in [-0.39, 0.29) is 12.4 Å². The average Bonchev–Trinajstić information content (AvgIpc) is 2.77. The lowest BCUT2D eigenvalue weighted by Gasteiger charge is -2.10. The number of aromatic nitrogens is 2. The molecule has 0 unspecified atom stereocenters. The summed E-state index contributed by atoms with van der Waals surface area (Å²) in [5.74, 6) is -2.16. The van der Waals surface area contributed by atoms with Gasteiger partial charge in [-0.15, -0.1) is 0 Å². The van der Waals surface area contributed by atoms with Gasteiger partial charge in [-0.2, -0.15) is 9.49 Å². The summed E-state index contributed by atoms with van der Waals surface area (Å²) in [6.45, 7) is 4.51. The van der Waals surface area contributed by atoms with Gasteiger partial charge in [0.25, 0.3) is 0 Å². The predicted octanol–water partition coefficient (Wildman–Crippen LogP) is 4.74. The summed E-state index contributed by atoms with van der Waals surface area (Å²) in [5.41, 5.74) is 1.41. The molecule has 7 heteroatoms. The van der Waals surface area contributed by atoms with E-state index in [1.807, 2.05) is 13.8 Å². The number of nitrogens with zero attached hydrogens (tertiary/aromatic N) is 2. The Kier molecular flexibility index (Phi) is 5.22. The zero-order valence-corrected chi connectivity index (χ0v) is 13.9. The largest absolute Gasteiger partial charge is 0.484 e. The monoisotopic (exact) mass is 378 g/mol. The molecule has 0 N–H and O–H groups in total. The van der Waals surface area contributed by atoms with Crippen molar-refractivity contribution in [2.75, 3.05) is 0 Å². The van der Waals surface area contributed by atoms with Gasteiger partial charge in [0.05, 0.1) is 16.4 Å². The molecule has 21 heavy (non-hydrogen) atoms. The molecule has 0 bridgehead atoms. The van der Waals surface area contributed by atoms with Crippen LogP contribution in [0.25, 0.3) is 0 Å². The molecule has 1 aromatic carbocycles. The molecule has 1 heterocycles. The Morgan fingerprint density at radius 2 is 2.05 bits per heavy atom. The molecule has 1 aromatic heterocycles. The van der Waals surface area contributed by atoms with Gasteiger partial charge in [-0.05, 0) is 25.5 Å². The van der Waals surface area contributed by atoms with E-state index in [2.05, 4.69) is 21.0 Å². The van der Waals surface area contributed by atoms with E-state index < -0.39 is 11.6 Å². The van der Waals surface area contributed by atoms with Crippen LogP contribution in [0.2, 0.25) is 5.02 Å². The van der Waals surface area contributed by atoms with Crippen LogP contribution in [0.3, 0.4) is 0 Å². The summed E-state index contributed by atoms with van der Waals surface area (Å²) < 4.78 is 34.5. The Morgan fingerprint density at radius 1 is 1.33 bits per heavy atom. The smallest absolute Gasteiger partial charge is 0.200 e. The highest BCUT2D eigenvalue weighted by molar-refractivity contribution is 9.10. The Morgan fingerprint density at radius 3 is 2.67 bits per heavy atom. The third-order valence-electron chi connectivity index (χ3n) is 3.02. The number of benzene rings is 1. The Labute approximate surface area is 135 Å². The minimum atomic E-state index is -1.02. The lowest BCUT2D eigenvalue weighted by Crippen LogP contribution is -2.07. The molecule has 3 nitrogen and oxygen atoms in total. The van der Waals surface area contributed by atoms with Gasteiger partial charge >= 0.3 is 0 Å². The average molecular weight is 380 g/mol. The van der Waals surface area contributed by atoms with Gasteiger partial charge in [0.15, 0.2) is 11.6 Å². The molecular weight excluding hydrogens is 366 g/mol. The highest BCUT2D eigenvalue weighted by Crippen LogP contribution is 2.28. The van der Waals surface area contributed by atoms with Crippen molar-refractivity contribution in [1.82, 2.24) is 9.78 Å². The Hall–Kier alpha value is -1.14. The first-order valence-electron chi connectivity index (χ1n) is 6.49. The number of rotatable bonds is 5. The first-order chi connectivity index (χ1) is 9.97. The van der Waals surface area contributed by atoms with Crippen LogP contribution in [-0.4, -0.2) is 9.78 Å². The van der Waals surface area contributed by atoms with Crippen LogP contribution in [0.4, 0.5) is 8.78 Å². The highest BCUT2D eigenvalue weighted by atomic mass is 79.9. The van der Waals surface area contributed by atoms with Crippen molar-refractivity contribution >= 4 is 27.5 Å². The van der Waals surface area contributed by atoms with Crippen molar-refractivity contribution < 1.29 is 13.5 Å². The van der Waals surface area contributed by atoms with Crippen LogP contribution in [-0.2, 0) is 19.6 Å². The predicted molar refractivity (Wildman–Crippen MR) is 80.7 cm³/mol. The number of halogens is 4. The molecule has 0 atom stereocenters. The van der Waals surface area contributed by atoms with Crippen molar-refractivity contribution in [3.8, 4) is 5.75 Å². The van der Waals surface area contributed by atoms with Crippen LogP contribution in [0.5, 0.6) is 5.75 Å². The standard InChI is InChI=1S/C14H14BrClF2N2O/c1-3-10-13(16)11(20(4-2)19-10)7-21-12-6-8(15)5-9(17)14(12)18/h5-6H,3-4,7H2,1-2H3. The number of aryl methyl sites for hydroxylation is 2. The van der Waals surface area contributed by atoms with E-state index in [1.54, 1.807) is 4.68 Å². The second kappa shape index (κ2) is 6.75. The van der Waals surface area contributed by atoms with Crippen molar-refractivity contribution in [3.63, 3.8) is 0 Å². The number of hydrogen-bond acceptors (Lipinski definition) is 2. The first-order valence-corrected chi connectivity index (χ1v) is 7.66. The third-order valence-corrected chi connectivity index (χ3v) is 3.91. The molecule has 0 radical (unpaired) electrons. The molecule has 114 valence electrons. The molecule has 0 aliphatic heterocycles. The van der Waals surface area contributed by atoms with Gasteiger partial charge in [0, 0.05) is 11.0 Å². The van der Waals surface area contributed by atoms with Crippen molar-refractivity contribution in [2.24, 2.45) is 0 Å². The van der Waals surface area contributed by atoms with Gasteiger partial charge in [-0.3, -0.25) is 4.68 Å². The molecule has 0 saturated heterocycles. The zero-order valence-electron chi connectivity index (χ0n) is 11.6. The molecule has 2 rings (SSSR count). The normalized spacial score (nSPS) is 11.0. The molecule has 0 amide bonds. The summed E-state index contributed by atoms with van der Waals surface area (Å²) in [5, 5.41) is 4.85. The SMILES string of the molecule is CCc1nn(CC)c(COc2cc(Br)cc(F)c2F)c1Cl. The van der Waals surface area contributed by atoms with Crippen molar-refractivity contribution in [2.45, 2.75) is 33.4 Å². The minimum absolute atomic E-state index is 0.0203. The minimum Gasteiger partial charge on any atom is -0.484 e. The maximum Gasteiger partial charge on any atom is 0.200 e. The summed E-state index contributed by atoms with van der Waals surface area (Å²) in [4.78, 5) is 0. The Bertz CT molecular complexity index is 661. The van der Waals surface area contributed by atoms with E-state index in [4.69, 9.17) is 16.3 Å². The van der Waals surface area contributed by atoms with Gasteiger partial charge in [-0.1, -0.05) is 34.5 Å². The molecule has 2 aromatic rings. The van der Waals surface area contributed by atoms with Crippen molar-refractivity contribution in [1.29, 1.82) is 0 Å². The van der Waals surface area contributed by atoms with Crippen LogP contribution in [0, 0.1) is 11.6 Å². The van der Waals surface area contributed by atoms with Gasteiger partial charge in [0.2, 0.25) is 5.82 Å². The molecular formula is C14H14BrClF2N2O. The fraction of sp³-hybridized carbons (Fsp3) is 0.357. The second-order valence-electron chi connectivity index (χ2n) is 4.37. The molecule has 0 fully saturated rings. The third kappa shape index (κ3) is 3.37. The first kappa shape index (κ1) is 16.2. The van der Waals surface area contributed by atoms with Crippen LogP contribution in [0.1, 0.15) is 25.2 Å². The van der Waals surface area contributed by atoms with Gasteiger partial charge < -0.3 is 4.74 Å². The van der Waals surface area contributed by atoms with Crippen molar-refractivity contribution in [3.05, 3.63) is 44.7 Å². The van der Waals surface area contributed by atoms with Gasteiger partial charge in [-0.25, -0.2) is 4.39 Å². The highest BCUT2D eigenvalue weighted by Gasteiger charge is 2.17. The fourth-order valence-corrected chi connectivity index (χ4v) is 2.67. The second-order valence-corrected chi connectivity index (χ2v) is 5.66. The summed E-state index contributed by atoms with van der Waals surface area (Å²) in [6.07, 6.45) is 0.693. The molecule has 0 saturated carbocycles. The maximum absolute atomic E-state index is 13.7. The molecule has 0 aliphatic rings. The Balaban J connectivity index is 2.26. The van der Waals surface area contributed by atoms with E-state index >= 15 is 0 Å². The van der Waals surface area contributed by atoms with Crippen LogP contribution >= 0.6 is 27.5 Å². The number of hydrogen-bond donors (Lipinski definition) is 0. The van der Waals surface area contributed by atoms with E-state index in [1.165, 1.54) is 6.07 Å². The lowest BCUT2D eigenvalue weighted by molar-refractivity contribution is 0.273. The fourth-order valence-electron chi connectivity index (χ4n) is 1.94. The van der Waals surface area contributed by atoms with Crippen LogP contribution in [0.15, 0.2) is 16.6 Å². The molecule has 0 aliphatic carbocycles. The topological polar surface area (TPSA) is 27.1 Å². The van der Waals surface area contributed by atoms with Crippen LogP contribution < -0.4 is 4.74 Å². The number of ether oxygens (including phenoxy) is 1. The van der Waals surface area contributed by atoms with Gasteiger partial charge in [0.1, 0.15) is 6.61 Å². The zero-order chi connectivity index (χ0) is 15.6. The molecule has 0 spiro atoms. The maximum atomic E-state index is 13.7. The van der Waals surface area contributed by atoms with E-state index in [0.717, 1.165) is 11.8 Å². The summed E-state index contributed by atoms with van der Waals surface area (Å²) >= 11 is 9.34. The summed E-state index contributed by atoms with van der Waals surface area (Å²) in [6, 6.07) is 2.42. The quantitative estimate of drug-likeness (QED) is 0.702. The summed E-state index contributed by atoms with van der Waals surface area (Å²) in [7, 11) is 0. The lowest BCUT2D eigenvalue weighted by atomic mass is 10.3.